The molecule has 1 aromatic heterocycles. The largest absolute Gasteiger partial charge is 0.484 e. The highest BCUT2D eigenvalue weighted by molar-refractivity contribution is 9.10. The standard InChI is InChI=1S/C14H14Br2F2N2O/c1-3-10-13(16)11(20(4-2)19-10)7-21-12-6-8(15)5-9(17)14(12)18/h5-6H,3-4,7H2,1-2H3. The van der Waals surface area contributed by atoms with E-state index in [9.17, 15) is 8.78 Å². The Labute approximate surface area is 138 Å². The normalized spacial score (nSPS) is 11.0. The molecular weight excluding hydrogens is 410 g/mol. The van der Waals surface area contributed by atoms with Gasteiger partial charge in [-0.2, -0.15) is 9.49 Å². The van der Waals surface area contributed by atoms with Crippen LogP contribution >= 0.6 is 31.9 Å². The first-order valence-corrected chi connectivity index (χ1v) is 8.07. The van der Waals surface area contributed by atoms with Crippen LogP contribution in [0.5, 0.6) is 5.75 Å². The summed E-state index contributed by atoms with van der Waals surface area (Å²) in [5.74, 6) is -2.07. The molecule has 0 aliphatic heterocycles. The highest BCUT2D eigenvalue weighted by Crippen LogP contribution is 2.28. The maximum absolute atomic E-state index is 13.7. The van der Waals surface area contributed by atoms with Crippen LogP contribution in [-0.2, 0) is 19.6 Å². The first-order chi connectivity index (χ1) is 9.97. The minimum absolute atomic E-state index is 0.105. The van der Waals surface area contributed by atoms with Crippen molar-refractivity contribution in [3.8, 4) is 5.75 Å². The van der Waals surface area contributed by atoms with Crippen molar-refractivity contribution < 1.29 is 13.5 Å². The molecule has 0 fully saturated rings. The molecule has 2 rings (SSSR count). The molecule has 7 heteroatoms. The van der Waals surface area contributed by atoms with Crippen molar-refractivity contribution >= 4 is 31.9 Å². The minimum atomic E-state index is -0.993. The monoisotopic (exact) mass is 422 g/mol. The molecule has 0 aliphatic carbocycles. The molecule has 0 radical (unpaired) electrons. The second-order valence-electron chi connectivity index (χ2n) is 4.37. The molecule has 0 bridgehead atoms. The van der Waals surface area contributed by atoms with Gasteiger partial charge in [0.15, 0.2) is 11.6 Å². The second-order valence-corrected chi connectivity index (χ2v) is 6.07. The maximum Gasteiger partial charge on any atom is 0.200 e. The van der Waals surface area contributed by atoms with Crippen molar-refractivity contribution in [3.05, 3.63) is 44.1 Å². The predicted octanol–water partition coefficient (Wildman–Crippen LogP) is 4.85. The van der Waals surface area contributed by atoms with Crippen LogP contribution in [0.3, 0.4) is 0 Å². The molecule has 0 saturated heterocycles. The molecule has 0 N–H and O–H groups in total. The smallest absolute Gasteiger partial charge is 0.200 e. The summed E-state index contributed by atoms with van der Waals surface area (Å²) in [6.07, 6.45) is 0.778. The van der Waals surface area contributed by atoms with Gasteiger partial charge >= 0.3 is 0 Å². The van der Waals surface area contributed by atoms with Crippen LogP contribution in [0.2, 0.25) is 0 Å². The number of nitrogens with zero attached hydrogens (tertiary/aromatic N) is 2. The van der Waals surface area contributed by atoms with Crippen LogP contribution in [0, 0.1) is 11.6 Å². The molecule has 1 aromatic carbocycles. The fraction of sp³-hybridized carbons (Fsp3) is 0.357. The molecular formula is C14H14Br2F2N2O. The van der Waals surface area contributed by atoms with Gasteiger partial charge in [-0.3, -0.25) is 4.68 Å². The quantitative estimate of drug-likeness (QED) is 0.643. The number of benzene rings is 1. The molecule has 2 aromatic rings. The van der Waals surface area contributed by atoms with E-state index in [-0.39, 0.29) is 12.4 Å². The Balaban J connectivity index is 2.26. The SMILES string of the molecule is CCc1nn(CC)c(COc2cc(Br)cc(F)c2F)c1Br. The van der Waals surface area contributed by atoms with Crippen molar-refractivity contribution in [3.63, 3.8) is 0 Å². The Hall–Kier alpha value is -0.950. The van der Waals surface area contributed by atoms with Crippen LogP contribution < -0.4 is 4.74 Å². The lowest BCUT2D eigenvalue weighted by molar-refractivity contribution is 0.272. The molecule has 0 spiro atoms. The zero-order chi connectivity index (χ0) is 15.6. The summed E-state index contributed by atoms with van der Waals surface area (Å²) in [4.78, 5) is 0. The van der Waals surface area contributed by atoms with Gasteiger partial charge in [-0.05, 0) is 41.4 Å². The lowest BCUT2D eigenvalue weighted by Gasteiger charge is -2.10. The first kappa shape index (κ1) is 16.4. The average molecular weight is 424 g/mol. The van der Waals surface area contributed by atoms with Crippen LogP contribution in [0.4, 0.5) is 8.78 Å². The van der Waals surface area contributed by atoms with Crippen LogP contribution in [-0.4, -0.2) is 9.78 Å². The summed E-state index contributed by atoms with van der Waals surface area (Å²) in [5, 5.41) is 4.43. The number of hydrogen-bond donors (Lipinski definition) is 0. The van der Waals surface area contributed by atoms with E-state index < -0.39 is 11.6 Å². The van der Waals surface area contributed by atoms with Crippen molar-refractivity contribution in [2.24, 2.45) is 0 Å². The van der Waals surface area contributed by atoms with Crippen LogP contribution in [0.25, 0.3) is 0 Å². The van der Waals surface area contributed by atoms with Crippen molar-refractivity contribution in [2.45, 2.75) is 33.4 Å². The molecule has 0 aliphatic rings. The van der Waals surface area contributed by atoms with E-state index >= 15 is 0 Å². The highest BCUT2D eigenvalue weighted by atomic mass is 79.9. The average Bonchev–Trinajstić information content (AvgIpc) is 2.77. The molecule has 1 heterocycles. The topological polar surface area (TPSA) is 27.1 Å². The minimum Gasteiger partial charge on any atom is -0.484 e. The summed E-state index contributed by atoms with van der Waals surface area (Å²) < 4.78 is 35.5. The number of aromatic nitrogens is 2. The van der Waals surface area contributed by atoms with Crippen molar-refractivity contribution in [1.82, 2.24) is 9.78 Å². The van der Waals surface area contributed by atoms with E-state index in [1.165, 1.54) is 6.07 Å². The van der Waals surface area contributed by atoms with Gasteiger partial charge in [0.2, 0.25) is 5.82 Å². The van der Waals surface area contributed by atoms with Gasteiger partial charge in [0.05, 0.1) is 15.9 Å². The van der Waals surface area contributed by atoms with Gasteiger partial charge in [-0.15, -0.1) is 0 Å². The Bertz CT molecular complexity index is 659. The summed E-state index contributed by atoms with van der Waals surface area (Å²) in [6, 6.07) is 2.46. The van der Waals surface area contributed by atoms with E-state index in [1.807, 2.05) is 13.8 Å². The number of halogens is 4. The molecule has 0 atom stereocenters. The fourth-order valence-electron chi connectivity index (χ4n) is 1.94. The zero-order valence-corrected chi connectivity index (χ0v) is 14.8. The van der Waals surface area contributed by atoms with E-state index in [4.69, 9.17) is 4.74 Å². The number of aryl methyl sites for hydroxylation is 2. The zero-order valence-electron chi connectivity index (χ0n) is 11.6. The summed E-state index contributed by atoms with van der Waals surface area (Å²) in [7, 11) is 0. The Morgan fingerprint density at radius 2 is 1.95 bits per heavy atom. The first-order valence-electron chi connectivity index (χ1n) is 6.49. The summed E-state index contributed by atoms with van der Waals surface area (Å²) in [6.45, 7) is 4.74. The number of ether oxygens (including phenoxy) is 1. The van der Waals surface area contributed by atoms with E-state index in [2.05, 4.69) is 37.0 Å². The van der Waals surface area contributed by atoms with Crippen molar-refractivity contribution in [2.75, 3.05) is 0 Å². The van der Waals surface area contributed by atoms with Gasteiger partial charge in [0, 0.05) is 11.0 Å². The Morgan fingerprint density at radius 3 is 2.57 bits per heavy atom. The van der Waals surface area contributed by atoms with Gasteiger partial charge < -0.3 is 4.74 Å². The fourth-order valence-corrected chi connectivity index (χ4v) is 3.03. The van der Waals surface area contributed by atoms with E-state index in [1.54, 1.807) is 4.68 Å². The van der Waals surface area contributed by atoms with Gasteiger partial charge in [-0.1, -0.05) is 22.9 Å². The van der Waals surface area contributed by atoms with Crippen molar-refractivity contribution in [1.29, 1.82) is 0 Å². The lowest BCUT2D eigenvalue weighted by Crippen LogP contribution is -2.07. The Morgan fingerprint density at radius 1 is 1.24 bits per heavy atom. The third-order valence-corrected chi connectivity index (χ3v) is 4.39. The van der Waals surface area contributed by atoms with Crippen LogP contribution in [0.15, 0.2) is 21.1 Å². The van der Waals surface area contributed by atoms with Gasteiger partial charge in [-0.25, -0.2) is 4.39 Å². The summed E-state index contributed by atoms with van der Waals surface area (Å²) in [5.41, 5.74) is 1.71. The molecule has 0 saturated carbocycles. The third-order valence-electron chi connectivity index (χ3n) is 3.02. The van der Waals surface area contributed by atoms with E-state index in [0.29, 0.717) is 11.0 Å². The lowest BCUT2D eigenvalue weighted by atomic mass is 10.3. The molecule has 0 unspecified atom stereocenters. The van der Waals surface area contributed by atoms with Crippen LogP contribution in [0.1, 0.15) is 25.2 Å². The third kappa shape index (κ3) is 3.45. The molecule has 114 valence electrons. The van der Waals surface area contributed by atoms with Gasteiger partial charge in [0.25, 0.3) is 0 Å². The Kier molecular flexibility index (Phi) is 5.37. The predicted molar refractivity (Wildman–Crippen MR) is 83.4 cm³/mol. The van der Waals surface area contributed by atoms with Gasteiger partial charge in [0.1, 0.15) is 6.61 Å². The molecule has 21 heavy (non-hydrogen) atoms. The second kappa shape index (κ2) is 6.87. The van der Waals surface area contributed by atoms with E-state index in [0.717, 1.165) is 28.3 Å². The number of rotatable bonds is 5. The molecule has 0 amide bonds. The number of hydrogen-bond acceptors (Lipinski definition) is 2. The highest BCUT2D eigenvalue weighted by Gasteiger charge is 2.16. The summed E-state index contributed by atoms with van der Waals surface area (Å²) >= 11 is 6.60. The maximum atomic E-state index is 13.7. The molecule has 3 nitrogen and oxygen atoms in total.